The lowest BCUT2D eigenvalue weighted by Gasteiger charge is -2.34. The van der Waals surface area contributed by atoms with Crippen molar-refractivity contribution < 1.29 is 0 Å². The van der Waals surface area contributed by atoms with Crippen LogP contribution in [0.15, 0.2) is 24.8 Å². The molecule has 22 heavy (non-hydrogen) atoms. The lowest BCUT2D eigenvalue weighted by atomic mass is 10.2. The zero-order valence-electron chi connectivity index (χ0n) is 11.7. The zero-order chi connectivity index (χ0) is 15.5. The SMILES string of the molecule is Clc1cnc(N2CCN(Cc3c(Cl)cncc3Cl)CC2)nc1. The zero-order valence-corrected chi connectivity index (χ0v) is 14.0. The maximum atomic E-state index is 6.17. The molecule has 1 aliphatic heterocycles. The van der Waals surface area contributed by atoms with E-state index in [1.54, 1.807) is 24.8 Å². The van der Waals surface area contributed by atoms with E-state index in [0.717, 1.165) is 38.3 Å². The van der Waals surface area contributed by atoms with E-state index in [9.17, 15) is 0 Å². The first kappa shape index (κ1) is 15.7. The van der Waals surface area contributed by atoms with Crippen LogP contribution in [0.5, 0.6) is 0 Å². The van der Waals surface area contributed by atoms with Gasteiger partial charge in [0.2, 0.25) is 5.95 Å². The molecular weight excluding hydrogens is 345 g/mol. The summed E-state index contributed by atoms with van der Waals surface area (Å²) >= 11 is 18.2. The summed E-state index contributed by atoms with van der Waals surface area (Å²) in [7, 11) is 0. The van der Waals surface area contributed by atoms with Crippen LogP contribution >= 0.6 is 34.8 Å². The van der Waals surface area contributed by atoms with Crippen molar-refractivity contribution in [2.45, 2.75) is 6.54 Å². The third kappa shape index (κ3) is 3.60. The topological polar surface area (TPSA) is 45.2 Å². The molecule has 0 unspecified atom stereocenters. The van der Waals surface area contributed by atoms with Crippen molar-refractivity contribution in [1.29, 1.82) is 0 Å². The maximum Gasteiger partial charge on any atom is 0.225 e. The van der Waals surface area contributed by atoms with Crippen LogP contribution < -0.4 is 4.90 Å². The molecule has 0 N–H and O–H groups in total. The Morgan fingerprint density at radius 1 is 0.864 bits per heavy atom. The Balaban J connectivity index is 1.61. The number of hydrogen-bond acceptors (Lipinski definition) is 5. The van der Waals surface area contributed by atoms with Crippen molar-refractivity contribution in [3.05, 3.63) is 45.4 Å². The number of hydrogen-bond donors (Lipinski definition) is 0. The van der Waals surface area contributed by atoms with Crippen molar-refractivity contribution in [3.63, 3.8) is 0 Å². The molecular formula is C14H14Cl3N5. The van der Waals surface area contributed by atoms with Gasteiger partial charge in [0, 0.05) is 50.7 Å². The van der Waals surface area contributed by atoms with Gasteiger partial charge in [-0.15, -0.1) is 0 Å². The highest BCUT2D eigenvalue weighted by Crippen LogP contribution is 2.25. The lowest BCUT2D eigenvalue weighted by molar-refractivity contribution is 0.248. The standard InChI is InChI=1S/C14H14Cl3N5/c15-10-5-19-14(20-6-10)22-3-1-21(2-4-22)9-11-12(16)7-18-8-13(11)17/h5-8H,1-4,9H2. The summed E-state index contributed by atoms with van der Waals surface area (Å²) in [5.41, 5.74) is 0.925. The lowest BCUT2D eigenvalue weighted by Crippen LogP contribution is -2.46. The highest BCUT2D eigenvalue weighted by atomic mass is 35.5. The molecule has 0 amide bonds. The Morgan fingerprint density at radius 3 is 2.05 bits per heavy atom. The molecule has 1 saturated heterocycles. The van der Waals surface area contributed by atoms with Crippen molar-refractivity contribution in [2.24, 2.45) is 0 Å². The fourth-order valence-electron chi connectivity index (χ4n) is 2.39. The second kappa shape index (κ2) is 6.96. The number of rotatable bonds is 3. The van der Waals surface area contributed by atoms with Gasteiger partial charge < -0.3 is 4.90 Å². The van der Waals surface area contributed by atoms with E-state index >= 15 is 0 Å². The molecule has 2 aromatic rings. The van der Waals surface area contributed by atoms with Gasteiger partial charge in [0.05, 0.1) is 27.5 Å². The Morgan fingerprint density at radius 2 is 1.45 bits per heavy atom. The average molecular weight is 359 g/mol. The van der Waals surface area contributed by atoms with E-state index in [-0.39, 0.29) is 0 Å². The van der Waals surface area contributed by atoms with Crippen molar-refractivity contribution in [2.75, 3.05) is 31.1 Å². The number of nitrogens with zero attached hydrogens (tertiary/aromatic N) is 5. The molecule has 0 radical (unpaired) electrons. The minimum absolute atomic E-state index is 0.546. The summed E-state index contributed by atoms with van der Waals surface area (Å²) in [6.07, 6.45) is 6.49. The average Bonchev–Trinajstić information content (AvgIpc) is 2.53. The molecule has 3 rings (SSSR count). The van der Waals surface area contributed by atoms with Gasteiger partial charge in [0.15, 0.2) is 0 Å². The fourth-order valence-corrected chi connectivity index (χ4v) is 2.97. The third-order valence-electron chi connectivity index (χ3n) is 3.60. The van der Waals surface area contributed by atoms with E-state index < -0.39 is 0 Å². The van der Waals surface area contributed by atoms with E-state index in [0.29, 0.717) is 21.0 Å². The van der Waals surface area contributed by atoms with Gasteiger partial charge in [-0.1, -0.05) is 34.8 Å². The van der Waals surface area contributed by atoms with Crippen LogP contribution in [0.1, 0.15) is 5.56 Å². The molecule has 0 bridgehead atoms. The van der Waals surface area contributed by atoms with E-state index in [1.165, 1.54) is 0 Å². The Hall–Kier alpha value is -1.14. The molecule has 8 heteroatoms. The molecule has 0 saturated carbocycles. The van der Waals surface area contributed by atoms with E-state index in [1.807, 2.05) is 0 Å². The third-order valence-corrected chi connectivity index (χ3v) is 4.44. The molecule has 5 nitrogen and oxygen atoms in total. The molecule has 2 aromatic heterocycles. The highest BCUT2D eigenvalue weighted by Gasteiger charge is 2.20. The molecule has 1 aliphatic rings. The van der Waals surface area contributed by atoms with Crippen molar-refractivity contribution in [3.8, 4) is 0 Å². The summed E-state index contributed by atoms with van der Waals surface area (Å²) in [5, 5.41) is 1.76. The van der Waals surface area contributed by atoms with Crippen LogP contribution in [-0.2, 0) is 6.54 Å². The molecule has 0 aromatic carbocycles. The largest absolute Gasteiger partial charge is 0.338 e. The Labute approximate surface area is 143 Å². The van der Waals surface area contributed by atoms with Gasteiger partial charge >= 0.3 is 0 Å². The molecule has 116 valence electrons. The van der Waals surface area contributed by atoms with Crippen molar-refractivity contribution >= 4 is 40.8 Å². The minimum Gasteiger partial charge on any atom is -0.338 e. The number of halogens is 3. The number of aromatic nitrogens is 3. The van der Waals surface area contributed by atoms with Gasteiger partial charge in [-0.25, -0.2) is 9.97 Å². The van der Waals surface area contributed by atoms with E-state index in [4.69, 9.17) is 34.8 Å². The van der Waals surface area contributed by atoms with Crippen molar-refractivity contribution in [1.82, 2.24) is 19.9 Å². The Kier molecular flexibility index (Phi) is 4.98. The summed E-state index contributed by atoms with van der Waals surface area (Å²) in [6.45, 7) is 4.20. The monoisotopic (exact) mass is 357 g/mol. The first-order valence-electron chi connectivity index (χ1n) is 6.86. The smallest absolute Gasteiger partial charge is 0.225 e. The quantitative estimate of drug-likeness (QED) is 0.843. The van der Waals surface area contributed by atoms with Crippen LogP contribution in [0.25, 0.3) is 0 Å². The number of anilines is 1. The summed E-state index contributed by atoms with van der Waals surface area (Å²) in [6, 6.07) is 0. The van der Waals surface area contributed by atoms with Gasteiger partial charge in [-0.3, -0.25) is 9.88 Å². The predicted molar refractivity (Wildman–Crippen MR) is 88.8 cm³/mol. The van der Waals surface area contributed by atoms with Crippen LogP contribution in [0, 0.1) is 0 Å². The Bertz CT molecular complexity index is 621. The highest BCUT2D eigenvalue weighted by molar-refractivity contribution is 6.35. The van der Waals surface area contributed by atoms with Gasteiger partial charge in [-0.05, 0) is 0 Å². The molecule has 0 spiro atoms. The van der Waals surface area contributed by atoms with Gasteiger partial charge in [0.1, 0.15) is 0 Å². The number of pyridine rings is 1. The number of piperazine rings is 1. The van der Waals surface area contributed by atoms with Crippen LogP contribution in [0.3, 0.4) is 0 Å². The second-order valence-corrected chi connectivity index (χ2v) is 6.30. The molecule has 3 heterocycles. The fraction of sp³-hybridized carbons (Fsp3) is 0.357. The molecule has 0 aliphatic carbocycles. The summed E-state index contributed by atoms with van der Waals surface area (Å²) in [5.74, 6) is 0.712. The van der Waals surface area contributed by atoms with Crippen LogP contribution in [0.4, 0.5) is 5.95 Å². The summed E-state index contributed by atoms with van der Waals surface area (Å²) < 4.78 is 0. The second-order valence-electron chi connectivity index (χ2n) is 5.05. The summed E-state index contributed by atoms with van der Waals surface area (Å²) in [4.78, 5) is 16.9. The first-order chi connectivity index (χ1) is 10.6. The first-order valence-corrected chi connectivity index (χ1v) is 7.99. The maximum absolute atomic E-state index is 6.17. The van der Waals surface area contributed by atoms with Gasteiger partial charge in [-0.2, -0.15) is 0 Å². The van der Waals surface area contributed by atoms with Gasteiger partial charge in [0.25, 0.3) is 0 Å². The normalized spacial score (nSPS) is 16.0. The van der Waals surface area contributed by atoms with Crippen LogP contribution in [0.2, 0.25) is 15.1 Å². The molecule has 1 fully saturated rings. The molecule has 0 atom stereocenters. The van der Waals surface area contributed by atoms with Crippen LogP contribution in [-0.4, -0.2) is 46.0 Å². The minimum atomic E-state index is 0.546. The predicted octanol–water partition coefficient (Wildman–Crippen LogP) is 3.15. The van der Waals surface area contributed by atoms with E-state index in [2.05, 4.69) is 24.8 Å².